The predicted octanol–water partition coefficient (Wildman–Crippen LogP) is 4.27. The van der Waals surface area contributed by atoms with E-state index in [-0.39, 0.29) is 0 Å². The summed E-state index contributed by atoms with van der Waals surface area (Å²) in [4.78, 5) is 13.7. The van der Waals surface area contributed by atoms with E-state index >= 15 is 0 Å². The van der Waals surface area contributed by atoms with Crippen LogP contribution in [0.2, 0.25) is 0 Å². The standard InChI is InChI=1S/C28H29N7O2/c29-26-27(32-35(22-7-3-1-4-8-22)23-9-5-2-6-10-23)30-19-31-28(26)34-15-13-33(14-16-34)18-21-11-12-24-25(17-21)37-20-36-24/h1-12,17,19H,13-16,18,20,29H2,(H,30,31,32). The van der Waals surface area contributed by atoms with Gasteiger partial charge in [0.15, 0.2) is 23.1 Å². The van der Waals surface area contributed by atoms with Gasteiger partial charge in [-0.05, 0) is 42.0 Å². The average molecular weight is 496 g/mol. The lowest BCUT2D eigenvalue weighted by molar-refractivity contribution is 0.174. The molecule has 0 bridgehead atoms. The number of hydrazine groups is 1. The maximum atomic E-state index is 6.63. The first-order chi connectivity index (χ1) is 18.2. The highest BCUT2D eigenvalue weighted by molar-refractivity contribution is 5.78. The fourth-order valence-electron chi connectivity index (χ4n) is 4.68. The van der Waals surface area contributed by atoms with E-state index in [2.05, 4.69) is 37.3 Å². The Balaban J connectivity index is 1.15. The van der Waals surface area contributed by atoms with Gasteiger partial charge >= 0.3 is 0 Å². The largest absolute Gasteiger partial charge is 0.454 e. The quantitative estimate of drug-likeness (QED) is 0.365. The van der Waals surface area contributed by atoms with Gasteiger partial charge in [-0.2, -0.15) is 0 Å². The number of anilines is 5. The summed E-state index contributed by atoms with van der Waals surface area (Å²) in [6, 6.07) is 26.3. The van der Waals surface area contributed by atoms with Gasteiger partial charge in [0, 0.05) is 32.7 Å². The zero-order valence-corrected chi connectivity index (χ0v) is 20.5. The molecule has 9 heteroatoms. The number of ether oxygens (including phenoxy) is 2. The molecular weight excluding hydrogens is 466 g/mol. The van der Waals surface area contributed by atoms with Crippen molar-refractivity contribution in [2.75, 3.05) is 54.0 Å². The van der Waals surface area contributed by atoms with E-state index in [0.29, 0.717) is 18.3 Å². The highest BCUT2D eigenvalue weighted by Crippen LogP contribution is 2.34. The predicted molar refractivity (Wildman–Crippen MR) is 145 cm³/mol. The number of nitrogen functional groups attached to an aromatic ring is 1. The van der Waals surface area contributed by atoms with Gasteiger partial charge in [-0.25, -0.2) is 9.97 Å². The van der Waals surface area contributed by atoms with Crippen LogP contribution in [0.1, 0.15) is 5.56 Å². The Hall–Kier alpha value is -4.50. The zero-order chi connectivity index (χ0) is 25.0. The Morgan fingerprint density at radius 3 is 2.19 bits per heavy atom. The van der Waals surface area contributed by atoms with Crippen LogP contribution < -0.4 is 30.5 Å². The Morgan fingerprint density at radius 2 is 1.49 bits per heavy atom. The maximum Gasteiger partial charge on any atom is 0.231 e. The van der Waals surface area contributed by atoms with Gasteiger partial charge in [0.05, 0.1) is 11.4 Å². The Labute approximate surface area is 216 Å². The van der Waals surface area contributed by atoms with Gasteiger partial charge in [0.2, 0.25) is 6.79 Å². The summed E-state index contributed by atoms with van der Waals surface area (Å²) >= 11 is 0. The Bertz CT molecular complexity index is 1310. The summed E-state index contributed by atoms with van der Waals surface area (Å²) in [5.74, 6) is 2.96. The van der Waals surface area contributed by atoms with E-state index in [0.717, 1.165) is 61.4 Å². The van der Waals surface area contributed by atoms with Crippen molar-refractivity contribution in [3.63, 3.8) is 0 Å². The first kappa shape index (κ1) is 22.9. The molecule has 1 aromatic heterocycles. The number of nitrogens with two attached hydrogens (primary N) is 1. The molecule has 0 amide bonds. The van der Waals surface area contributed by atoms with E-state index in [4.69, 9.17) is 15.2 Å². The van der Waals surface area contributed by atoms with Crippen LogP contribution in [0.3, 0.4) is 0 Å². The molecule has 9 nitrogen and oxygen atoms in total. The van der Waals surface area contributed by atoms with Gasteiger partial charge < -0.3 is 20.1 Å². The fraction of sp³-hybridized carbons (Fsp3) is 0.214. The molecule has 4 aromatic rings. The number of piperazine rings is 1. The van der Waals surface area contributed by atoms with Crippen LogP contribution in [0, 0.1) is 0 Å². The van der Waals surface area contributed by atoms with Crippen molar-refractivity contribution in [2.45, 2.75) is 6.54 Å². The third kappa shape index (κ3) is 4.94. The molecule has 0 spiro atoms. The lowest BCUT2D eigenvalue weighted by atomic mass is 10.1. The second kappa shape index (κ2) is 10.2. The van der Waals surface area contributed by atoms with Crippen molar-refractivity contribution >= 4 is 28.7 Å². The van der Waals surface area contributed by atoms with Gasteiger partial charge in [-0.3, -0.25) is 15.3 Å². The summed E-state index contributed by atoms with van der Waals surface area (Å²) < 4.78 is 11.0. The molecular formula is C28H29N7O2. The fourth-order valence-corrected chi connectivity index (χ4v) is 4.68. The molecule has 3 N–H and O–H groups in total. The molecule has 37 heavy (non-hydrogen) atoms. The first-order valence-corrected chi connectivity index (χ1v) is 12.4. The number of aromatic nitrogens is 2. The molecule has 0 unspecified atom stereocenters. The average Bonchev–Trinajstić information content (AvgIpc) is 3.42. The first-order valence-electron chi connectivity index (χ1n) is 12.4. The van der Waals surface area contributed by atoms with E-state index in [9.17, 15) is 0 Å². The summed E-state index contributed by atoms with van der Waals surface area (Å²) in [6.45, 7) is 4.61. The highest BCUT2D eigenvalue weighted by Gasteiger charge is 2.23. The van der Waals surface area contributed by atoms with Crippen LogP contribution in [-0.4, -0.2) is 47.8 Å². The molecule has 0 saturated carbocycles. The van der Waals surface area contributed by atoms with Gasteiger partial charge in [-0.15, -0.1) is 0 Å². The number of hydrogen-bond donors (Lipinski definition) is 2. The minimum Gasteiger partial charge on any atom is -0.454 e. The second-order valence-corrected chi connectivity index (χ2v) is 9.03. The van der Waals surface area contributed by atoms with Crippen molar-refractivity contribution < 1.29 is 9.47 Å². The number of hydrogen-bond acceptors (Lipinski definition) is 9. The molecule has 3 heterocycles. The monoisotopic (exact) mass is 495 g/mol. The van der Waals surface area contributed by atoms with Crippen molar-refractivity contribution in [3.05, 3.63) is 90.8 Å². The molecule has 0 aliphatic carbocycles. The topological polar surface area (TPSA) is 92.0 Å². The maximum absolute atomic E-state index is 6.63. The molecule has 0 atom stereocenters. The number of rotatable bonds is 7. The highest BCUT2D eigenvalue weighted by atomic mass is 16.7. The molecule has 3 aromatic carbocycles. The Morgan fingerprint density at radius 1 is 0.811 bits per heavy atom. The smallest absolute Gasteiger partial charge is 0.231 e. The Kier molecular flexibility index (Phi) is 6.35. The number of nitrogens with one attached hydrogen (secondary N) is 1. The lowest BCUT2D eigenvalue weighted by Gasteiger charge is -2.36. The lowest BCUT2D eigenvalue weighted by Crippen LogP contribution is -2.46. The van der Waals surface area contributed by atoms with E-state index < -0.39 is 0 Å². The van der Waals surface area contributed by atoms with Crippen molar-refractivity contribution in [1.29, 1.82) is 0 Å². The number of benzene rings is 3. The number of fused-ring (bicyclic) bond motifs is 1. The van der Waals surface area contributed by atoms with E-state index in [1.165, 1.54) is 5.56 Å². The minimum atomic E-state index is 0.295. The number of nitrogens with zero attached hydrogens (tertiary/aromatic N) is 5. The summed E-state index contributed by atoms with van der Waals surface area (Å²) in [5, 5.41) is 1.98. The van der Waals surface area contributed by atoms with Crippen molar-refractivity contribution in [2.24, 2.45) is 0 Å². The van der Waals surface area contributed by atoms with E-state index in [1.54, 1.807) is 6.33 Å². The van der Waals surface area contributed by atoms with Crippen LogP contribution in [0.15, 0.2) is 85.2 Å². The van der Waals surface area contributed by atoms with Gasteiger partial charge in [0.25, 0.3) is 0 Å². The molecule has 188 valence electrons. The summed E-state index contributed by atoms with van der Waals surface area (Å²) in [6.07, 6.45) is 1.57. The third-order valence-electron chi connectivity index (χ3n) is 6.62. The third-order valence-corrected chi connectivity index (χ3v) is 6.62. The van der Waals surface area contributed by atoms with Crippen LogP contribution in [0.25, 0.3) is 0 Å². The SMILES string of the molecule is Nc1c(NN(c2ccccc2)c2ccccc2)ncnc1N1CCN(Cc2ccc3c(c2)OCO3)CC1. The molecule has 1 fully saturated rings. The van der Waals surface area contributed by atoms with Crippen molar-refractivity contribution in [3.8, 4) is 11.5 Å². The van der Waals surface area contributed by atoms with Gasteiger partial charge in [0.1, 0.15) is 12.0 Å². The van der Waals surface area contributed by atoms with E-state index in [1.807, 2.05) is 71.7 Å². The zero-order valence-electron chi connectivity index (χ0n) is 20.5. The van der Waals surface area contributed by atoms with Crippen LogP contribution in [0.4, 0.5) is 28.7 Å². The van der Waals surface area contributed by atoms with Crippen LogP contribution in [0.5, 0.6) is 11.5 Å². The minimum absolute atomic E-state index is 0.295. The molecule has 2 aliphatic rings. The molecule has 2 aliphatic heterocycles. The second-order valence-electron chi connectivity index (χ2n) is 9.03. The van der Waals surface area contributed by atoms with Gasteiger partial charge in [-0.1, -0.05) is 42.5 Å². The molecule has 0 radical (unpaired) electrons. The molecule has 1 saturated heterocycles. The molecule has 6 rings (SSSR count). The number of para-hydroxylation sites is 2. The van der Waals surface area contributed by atoms with Crippen LogP contribution >= 0.6 is 0 Å². The van der Waals surface area contributed by atoms with Crippen LogP contribution in [-0.2, 0) is 6.54 Å². The summed E-state index contributed by atoms with van der Waals surface area (Å²) in [7, 11) is 0. The summed E-state index contributed by atoms with van der Waals surface area (Å²) in [5.41, 5.74) is 13.8. The van der Waals surface area contributed by atoms with Crippen molar-refractivity contribution in [1.82, 2.24) is 14.9 Å². The normalized spacial score (nSPS) is 15.0.